The lowest BCUT2D eigenvalue weighted by Gasteiger charge is -2.26. The zero-order valence-electron chi connectivity index (χ0n) is 14.7. The molecule has 0 unspecified atom stereocenters. The van der Waals surface area contributed by atoms with Gasteiger partial charge in [-0.25, -0.2) is 9.97 Å². The van der Waals surface area contributed by atoms with E-state index in [9.17, 15) is 4.79 Å². The van der Waals surface area contributed by atoms with E-state index in [1.165, 1.54) is 6.42 Å². The predicted octanol–water partition coefficient (Wildman–Crippen LogP) is 3.51. The number of hydrogen-bond donors (Lipinski definition) is 1. The topological polar surface area (TPSA) is 67.3 Å². The van der Waals surface area contributed by atoms with Crippen molar-refractivity contribution < 1.29 is 9.53 Å². The van der Waals surface area contributed by atoms with Crippen LogP contribution in [0.2, 0.25) is 0 Å². The van der Waals surface area contributed by atoms with Crippen LogP contribution in [0.3, 0.4) is 0 Å². The Bertz CT molecular complexity index is 710. The number of carbonyl (C=O) groups is 1. The molecule has 132 valence electrons. The first-order valence-corrected chi connectivity index (χ1v) is 8.77. The zero-order valence-corrected chi connectivity index (χ0v) is 14.7. The van der Waals surface area contributed by atoms with E-state index in [0.29, 0.717) is 22.9 Å². The smallest absolute Gasteiger partial charge is 0.258 e. The number of anilines is 2. The third kappa shape index (κ3) is 4.47. The number of benzene rings is 1. The summed E-state index contributed by atoms with van der Waals surface area (Å²) in [4.78, 5) is 23.4. The number of nitrogens with zero attached hydrogens (tertiary/aromatic N) is 3. The fourth-order valence-corrected chi connectivity index (χ4v) is 2.82. The molecule has 6 heteroatoms. The van der Waals surface area contributed by atoms with Crippen LogP contribution < -0.4 is 15.0 Å². The molecule has 1 N–H and O–H groups in total. The second-order valence-electron chi connectivity index (χ2n) is 6.44. The highest BCUT2D eigenvalue weighted by Crippen LogP contribution is 2.25. The molecule has 0 radical (unpaired) electrons. The second-order valence-corrected chi connectivity index (χ2v) is 6.44. The molecule has 0 bridgehead atoms. The molecule has 2 aromatic rings. The molecule has 1 fully saturated rings. The van der Waals surface area contributed by atoms with Crippen molar-refractivity contribution >= 4 is 17.5 Å². The quantitative estimate of drug-likeness (QED) is 0.902. The maximum absolute atomic E-state index is 12.5. The average Bonchev–Trinajstić information content (AvgIpc) is 2.64. The van der Waals surface area contributed by atoms with Crippen molar-refractivity contribution in [1.29, 1.82) is 0 Å². The highest BCUT2D eigenvalue weighted by Gasteiger charge is 2.15. The summed E-state index contributed by atoms with van der Waals surface area (Å²) in [5.74, 6) is 1.10. The number of nitrogens with one attached hydrogen (secondary N) is 1. The first kappa shape index (κ1) is 17.2. The van der Waals surface area contributed by atoms with Crippen LogP contribution in [0, 0.1) is 0 Å². The minimum atomic E-state index is -0.245. The van der Waals surface area contributed by atoms with E-state index >= 15 is 0 Å². The highest BCUT2D eigenvalue weighted by atomic mass is 16.5. The Balaban J connectivity index is 1.69. The number of carbonyl (C=O) groups excluding carboxylic acids is 1. The molecular weight excluding hydrogens is 316 g/mol. The summed E-state index contributed by atoms with van der Waals surface area (Å²) in [7, 11) is 0. The standard InChI is InChI=1S/C19H24N4O2/c1-14(2)25-17-9-5-4-8-16(17)22-18(24)15-12-20-19(21-13-15)23-10-6-3-7-11-23/h4-5,8-9,12-14H,3,6-7,10-11H2,1-2H3,(H,22,24). The summed E-state index contributed by atoms with van der Waals surface area (Å²) in [5.41, 5.74) is 1.07. The predicted molar refractivity (Wildman–Crippen MR) is 98.3 cm³/mol. The summed E-state index contributed by atoms with van der Waals surface area (Å²) in [6.07, 6.45) is 6.78. The van der Waals surface area contributed by atoms with Crippen molar-refractivity contribution in [2.75, 3.05) is 23.3 Å². The van der Waals surface area contributed by atoms with Crippen molar-refractivity contribution in [3.05, 3.63) is 42.2 Å². The van der Waals surface area contributed by atoms with Gasteiger partial charge in [-0.2, -0.15) is 0 Å². The van der Waals surface area contributed by atoms with E-state index < -0.39 is 0 Å². The van der Waals surface area contributed by atoms with Gasteiger partial charge in [0.25, 0.3) is 5.91 Å². The van der Waals surface area contributed by atoms with Gasteiger partial charge in [0.05, 0.1) is 17.4 Å². The first-order valence-electron chi connectivity index (χ1n) is 8.77. The zero-order chi connectivity index (χ0) is 17.6. The van der Waals surface area contributed by atoms with Gasteiger partial charge in [-0.05, 0) is 45.2 Å². The maximum Gasteiger partial charge on any atom is 0.258 e. The SMILES string of the molecule is CC(C)Oc1ccccc1NC(=O)c1cnc(N2CCCCC2)nc1. The Morgan fingerprint density at radius 2 is 1.80 bits per heavy atom. The van der Waals surface area contributed by atoms with Gasteiger partial charge in [0, 0.05) is 25.5 Å². The van der Waals surface area contributed by atoms with Crippen molar-refractivity contribution in [3.63, 3.8) is 0 Å². The molecule has 1 aliphatic heterocycles. The molecule has 1 amide bonds. The summed E-state index contributed by atoms with van der Waals surface area (Å²) in [5, 5.41) is 2.87. The van der Waals surface area contributed by atoms with E-state index in [-0.39, 0.29) is 12.0 Å². The number of aromatic nitrogens is 2. The fourth-order valence-electron chi connectivity index (χ4n) is 2.82. The number of piperidine rings is 1. The van der Waals surface area contributed by atoms with Crippen LogP contribution in [0.15, 0.2) is 36.7 Å². The van der Waals surface area contributed by atoms with Gasteiger partial charge in [-0.15, -0.1) is 0 Å². The summed E-state index contributed by atoms with van der Waals surface area (Å²) >= 11 is 0. The average molecular weight is 340 g/mol. The Morgan fingerprint density at radius 3 is 2.48 bits per heavy atom. The maximum atomic E-state index is 12.5. The van der Waals surface area contributed by atoms with E-state index in [1.807, 2.05) is 38.1 Å². The summed E-state index contributed by atoms with van der Waals surface area (Å²) in [6, 6.07) is 7.40. The molecule has 1 aromatic heterocycles. The number of rotatable bonds is 5. The van der Waals surface area contributed by atoms with Crippen LogP contribution in [0.1, 0.15) is 43.5 Å². The molecule has 25 heavy (non-hydrogen) atoms. The molecular formula is C19H24N4O2. The van der Waals surface area contributed by atoms with E-state index in [1.54, 1.807) is 12.4 Å². The number of amides is 1. The van der Waals surface area contributed by atoms with Gasteiger partial charge < -0.3 is 15.0 Å². The van der Waals surface area contributed by atoms with E-state index in [0.717, 1.165) is 25.9 Å². The number of ether oxygens (including phenoxy) is 1. The van der Waals surface area contributed by atoms with E-state index in [4.69, 9.17) is 4.74 Å². The Morgan fingerprint density at radius 1 is 1.12 bits per heavy atom. The Hall–Kier alpha value is -2.63. The lowest BCUT2D eigenvalue weighted by atomic mass is 10.1. The summed E-state index contributed by atoms with van der Waals surface area (Å²) < 4.78 is 5.73. The molecule has 6 nitrogen and oxygen atoms in total. The van der Waals surface area contributed by atoms with Crippen LogP contribution in [0.5, 0.6) is 5.75 Å². The molecule has 0 saturated carbocycles. The molecule has 3 rings (SSSR count). The van der Waals surface area contributed by atoms with Gasteiger partial charge in [0.15, 0.2) is 0 Å². The van der Waals surface area contributed by atoms with Crippen molar-refractivity contribution in [2.45, 2.75) is 39.2 Å². The number of para-hydroxylation sites is 2. The Labute approximate surface area is 148 Å². The van der Waals surface area contributed by atoms with Crippen LogP contribution in [0.25, 0.3) is 0 Å². The first-order chi connectivity index (χ1) is 12.1. The third-order valence-corrected chi connectivity index (χ3v) is 4.04. The van der Waals surface area contributed by atoms with Gasteiger partial charge in [-0.1, -0.05) is 12.1 Å². The summed E-state index contributed by atoms with van der Waals surface area (Å²) in [6.45, 7) is 5.86. The lowest BCUT2D eigenvalue weighted by molar-refractivity contribution is 0.102. The monoisotopic (exact) mass is 340 g/mol. The largest absolute Gasteiger partial charge is 0.489 e. The third-order valence-electron chi connectivity index (χ3n) is 4.04. The van der Waals surface area contributed by atoms with Crippen molar-refractivity contribution in [1.82, 2.24) is 9.97 Å². The normalized spacial score (nSPS) is 14.4. The van der Waals surface area contributed by atoms with Gasteiger partial charge >= 0.3 is 0 Å². The van der Waals surface area contributed by atoms with Crippen LogP contribution in [-0.4, -0.2) is 35.1 Å². The molecule has 0 spiro atoms. The lowest BCUT2D eigenvalue weighted by Crippen LogP contribution is -2.31. The molecule has 0 atom stereocenters. The van der Waals surface area contributed by atoms with Gasteiger partial charge in [0.2, 0.25) is 5.95 Å². The molecule has 1 aliphatic rings. The minimum absolute atomic E-state index is 0.0326. The fraction of sp³-hybridized carbons (Fsp3) is 0.421. The Kier molecular flexibility index (Phi) is 5.48. The molecule has 0 aliphatic carbocycles. The number of hydrogen-bond acceptors (Lipinski definition) is 5. The highest BCUT2D eigenvalue weighted by molar-refractivity contribution is 6.04. The van der Waals surface area contributed by atoms with Gasteiger partial charge in [0.1, 0.15) is 5.75 Å². The molecule has 2 heterocycles. The van der Waals surface area contributed by atoms with Crippen LogP contribution in [0.4, 0.5) is 11.6 Å². The van der Waals surface area contributed by atoms with Crippen LogP contribution in [-0.2, 0) is 0 Å². The van der Waals surface area contributed by atoms with Gasteiger partial charge in [-0.3, -0.25) is 4.79 Å². The van der Waals surface area contributed by atoms with Crippen molar-refractivity contribution in [3.8, 4) is 5.75 Å². The van der Waals surface area contributed by atoms with Crippen molar-refractivity contribution in [2.24, 2.45) is 0 Å². The molecule has 1 aromatic carbocycles. The molecule has 1 saturated heterocycles. The minimum Gasteiger partial charge on any atom is -0.489 e. The van der Waals surface area contributed by atoms with Crippen LogP contribution >= 0.6 is 0 Å². The second kappa shape index (κ2) is 7.96. The van der Waals surface area contributed by atoms with E-state index in [2.05, 4.69) is 20.2 Å².